The van der Waals surface area contributed by atoms with Gasteiger partial charge in [-0.1, -0.05) is 145 Å². The topological polar surface area (TPSA) is 72.8 Å². The first-order valence-corrected chi connectivity index (χ1v) is 19.1. The molecule has 50 heavy (non-hydrogen) atoms. The SMILES string of the molecule is CC(C)(C)OC(=O)C(C(C(=O)OC(C)(C)C)c1cc(C(C)(C)C)c(O)c(C(C)(C)C)c1)=P(c1ccccc1)(c1ccccc1)c1ccccc1. The third kappa shape index (κ3) is 8.44. The van der Waals surface area contributed by atoms with Crippen molar-refractivity contribution < 1.29 is 24.2 Å². The Balaban J connectivity index is 2.44. The highest BCUT2D eigenvalue weighted by Gasteiger charge is 2.45. The van der Waals surface area contributed by atoms with Crippen LogP contribution in [0.1, 0.15) is 106 Å². The van der Waals surface area contributed by atoms with Gasteiger partial charge in [-0.05, 0) is 91.9 Å². The summed E-state index contributed by atoms with van der Waals surface area (Å²) in [6.45, 7) is 20.1. The van der Waals surface area contributed by atoms with Gasteiger partial charge < -0.3 is 14.6 Å². The van der Waals surface area contributed by atoms with Crippen LogP contribution in [0, 0.1) is 0 Å². The second-order valence-corrected chi connectivity index (χ2v) is 20.4. The zero-order valence-corrected chi connectivity index (χ0v) is 32.8. The monoisotopic (exact) mass is 694 g/mol. The largest absolute Gasteiger partial charge is 0.507 e. The predicted octanol–water partition coefficient (Wildman–Crippen LogP) is 8.92. The lowest BCUT2D eigenvalue weighted by Gasteiger charge is -2.37. The average molecular weight is 695 g/mol. The number of carbonyl (C=O) groups is 2. The van der Waals surface area contributed by atoms with Crippen LogP contribution in [-0.2, 0) is 29.9 Å². The van der Waals surface area contributed by atoms with Crippen LogP contribution in [0.25, 0.3) is 0 Å². The first-order valence-electron chi connectivity index (χ1n) is 17.3. The van der Waals surface area contributed by atoms with Crippen molar-refractivity contribution >= 4 is 40.0 Å². The highest BCUT2D eigenvalue weighted by atomic mass is 31.2. The number of phenols is 1. The van der Waals surface area contributed by atoms with Gasteiger partial charge >= 0.3 is 11.9 Å². The molecule has 0 fully saturated rings. The second-order valence-electron chi connectivity index (χ2n) is 17.0. The average Bonchev–Trinajstić information content (AvgIpc) is 3.00. The Morgan fingerprint density at radius 2 is 0.900 bits per heavy atom. The smallest absolute Gasteiger partial charge is 0.336 e. The van der Waals surface area contributed by atoms with Crippen molar-refractivity contribution in [1.29, 1.82) is 0 Å². The van der Waals surface area contributed by atoms with Crippen molar-refractivity contribution in [2.75, 3.05) is 0 Å². The Kier molecular flexibility index (Phi) is 11.1. The van der Waals surface area contributed by atoms with Gasteiger partial charge in [0.1, 0.15) is 22.9 Å². The third-order valence-electron chi connectivity index (χ3n) is 8.40. The number of aromatic hydroxyl groups is 1. The quantitative estimate of drug-likeness (QED) is 0.155. The molecular formula is C44H55O5P. The Morgan fingerprint density at radius 3 is 1.20 bits per heavy atom. The van der Waals surface area contributed by atoms with Crippen molar-refractivity contribution in [3.63, 3.8) is 0 Å². The number of hydrogen-bond acceptors (Lipinski definition) is 5. The van der Waals surface area contributed by atoms with Crippen LogP contribution in [-0.4, -0.2) is 33.5 Å². The van der Waals surface area contributed by atoms with Gasteiger partial charge in [0.05, 0.1) is 5.29 Å². The maximum atomic E-state index is 15.4. The molecule has 0 aliphatic rings. The van der Waals surface area contributed by atoms with Gasteiger partial charge in [0.15, 0.2) is 0 Å². The minimum absolute atomic E-state index is 0.186. The number of benzene rings is 4. The molecule has 1 N–H and O–H groups in total. The van der Waals surface area contributed by atoms with Crippen molar-refractivity contribution in [2.45, 2.75) is 111 Å². The molecule has 0 aliphatic heterocycles. The molecule has 4 rings (SSSR count). The molecule has 0 aliphatic carbocycles. The van der Waals surface area contributed by atoms with E-state index in [1.165, 1.54) is 0 Å². The number of carbonyl (C=O) groups excluding carboxylic acids is 2. The minimum atomic E-state index is -3.19. The normalized spacial score (nSPS) is 13.4. The fourth-order valence-corrected chi connectivity index (χ4v) is 10.9. The molecule has 0 saturated carbocycles. The maximum absolute atomic E-state index is 15.4. The van der Waals surface area contributed by atoms with E-state index in [4.69, 9.17) is 9.47 Å². The standard InChI is InChI=1S/C44H55O5P/c1-41(2,3)34-28-30(29-35(37(34)45)42(4,5)6)36(39(46)48-43(7,8)9)38(40(47)49-44(10,11)12)50(31-22-16-13-17-23-31,32-24-18-14-19-25-32)33-26-20-15-21-27-33/h13-29,36,45H,1-12H3. The molecule has 4 aromatic rings. The second kappa shape index (κ2) is 14.3. The van der Waals surface area contributed by atoms with E-state index < -0.39 is 46.8 Å². The van der Waals surface area contributed by atoms with Crippen LogP contribution >= 0.6 is 6.89 Å². The Bertz CT molecular complexity index is 1730. The van der Waals surface area contributed by atoms with Crippen LogP contribution in [0.15, 0.2) is 103 Å². The summed E-state index contributed by atoms with van der Waals surface area (Å²) in [4.78, 5) is 30.5. The van der Waals surface area contributed by atoms with Gasteiger partial charge in [-0.3, -0.25) is 4.79 Å². The lowest BCUT2D eigenvalue weighted by molar-refractivity contribution is -0.156. The fraction of sp³-hybridized carbons (Fsp3) is 0.386. The molecule has 0 aromatic heterocycles. The number of esters is 2. The zero-order valence-electron chi connectivity index (χ0n) is 31.9. The Morgan fingerprint density at radius 1 is 0.560 bits per heavy atom. The van der Waals surface area contributed by atoms with E-state index in [1.807, 2.05) is 186 Å². The van der Waals surface area contributed by atoms with Crippen LogP contribution in [0.5, 0.6) is 5.75 Å². The summed E-state index contributed by atoms with van der Waals surface area (Å²) in [5.41, 5.74) is -0.786. The van der Waals surface area contributed by atoms with E-state index in [0.29, 0.717) is 22.0 Å². The molecule has 1 atom stereocenters. The number of phenolic OH excluding ortho intramolecular Hbond substituents is 1. The fourth-order valence-electron chi connectivity index (χ4n) is 6.33. The van der Waals surface area contributed by atoms with Gasteiger partial charge in [0.25, 0.3) is 0 Å². The molecule has 0 saturated heterocycles. The van der Waals surface area contributed by atoms with Crippen molar-refractivity contribution in [1.82, 2.24) is 0 Å². The molecule has 6 heteroatoms. The predicted molar refractivity (Wildman–Crippen MR) is 210 cm³/mol. The molecule has 266 valence electrons. The molecule has 4 aromatic carbocycles. The third-order valence-corrected chi connectivity index (χ3v) is 12.8. The number of hydrogen-bond donors (Lipinski definition) is 1. The summed E-state index contributed by atoms with van der Waals surface area (Å²) >= 11 is 0. The van der Waals surface area contributed by atoms with Crippen molar-refractivity contribution in [3.8, 4) is 5.75 Å². The van der Waals surface area contributed by atoms with Crippen LogP contribution in [0.2, 0.25) is 0 Å². The molecule has 0 amide bonds. The summed E-state index contributed by atoms with van der Waals surface area (Å²) in [7, 11) is 0. The molecule has 0 radical (unpaired) electrons. The van der Waals surface area contributed by atoms with Crippen molar-refractivity contribution in [2.24, 2.45) is 0 Å². The van der Waals surface area contributed by atoms with Crippen LogP contribution < -0.4 is 15.9 Å². The van der Waals surface area contributed by atoms with E-state index in [0.717, 1.165) is 15.9 Å². The van der Waals surface area contributed by atoms with Gasteiger partial charge in [-0.15, -0.1) is 0 Å². The van der Waals surface area contributed by atoms with E-state index in [9.17, 15) is 5.11 Å². The number of rotatable bonds is 7. The number of ether oxygens (including phenoxy) is 2. The van der Waals surface area contributed by atoms with E-state index in [-0.39, 0.29) is 5.75 Å². The first kappa shape index (κ1) is 38.7. The molecule has 0 spiro atoms. The van der Waals surface area contributed by atoms with Gasteiger partial charge in [0.2, 0.25) is 0 Å². The molecule has 0 heterocycles. The lowest BCUT2D eigenvalue weighted by atomic mass is 9.76. The molecule has 1 unspecified atom stereocenters. The summed E-state index contributed by atoms with van der Waals surface area (Å²) < 4.78 is 12.7. The van der Waals surface area contributed by atoms with Crippen molar-refractivity contribution in [3.05, 3.63) is 120 Å². The molecule has 0 bridgehead atoms. The van der Waals surface area contributed by atoms with Gasteiger partial charge in [-0.2, -0.15) is 0 Å². The summed E-state index contributed by atoms with van der Waals surface area (Å²) in [6, 6.07) is 33.7. The maximum Gasteiger partial charge on any atom is 0.336 e. The minimum Gasteiger partial charge on any atom is -0.507 e. The lowest BCUT2D eigenvalue weighted by Crippen LogP contribution is -2.43. The van der Waals surface area contributed by atoms with Crippen LogP contribution in [0.4, 0.5) is 0 Å². The highest BCUT2D eigenvalue weighted by Crippen LogP contribution is 2.51. The zero-order chi connectivity index (χ0) is 37.3. The van der Waals surface area contributed by atoms with Crippen LogP contribution in [0.3, 0.4) is 0 Å². The highest BCUT2D eigenvalue weighted by molar-refractivity contribution is 7.96. The summed E-state index contributed by atoms with van der Waals surface area (Å²) in [5, 5.41) is 14.8. The summed E-state index contributed by atoms with van der Waals surface area (Å²) in [5.74, 6) is -2.14. The summed E-state index contributed by atoms with van der Waals surface area (Å²) in [6.07, 6.45) is 0. The van der Waals surface area contributed by atoms with Gasteiger partial charge in [0, 0.05) is 0 Å². The first-order chi connectivity index (χ1) is 23.1. The van der Waals surface area contributed by atoms with Gasteiger partial charge in [-0.25, -0.2) is 4.79 Å². The Hall–Kier alpha value is -4.08. The molecular weight excluding hydrogens is 639 g/mol. The van der Waals surface area contributed by atoms with E-state index in [1.54, 1.807) is 0 Å². The van der Waals surface area contributed by atoms with E-state index >= 15 is 9.59 Å². The Labute approximate surface area is 300 Å². The van der Waals surface area contributed by atoms with E-state index in [2.05, 4.69) is 0 Å². The molecule has 5 nitrogen and oxygen atoms in total.